The Morgan fingerprint density at radius 3 is 2.38 bits per heavy atom. The minimum absolute atomic E-state index is 0.0000139. The van der Waals surface area contributed by atoms with Gasteiger partial charge in [0.2, 0.25) is 0 Å². The average molecular weight is 354 g/mol. The molecule has 0 unspecified atom stereocenters. The quantitative estimate of drug-likeness (QED) is 0.810. The molecule has 6 heteroatoms. The summed E-state index contributed by atoms with van der Waals surface area (Å²) < 4.78 is 5.49. The molecule has 2 aromatic carbocycles. The van der Waals surface area contributed by atoms with Crippen LogP contribution in [0.5, 0.6) is 5.75 Å². The van der Waals surface area contributed by atoms with Crippen LogP contribution in [0.4, 0.5) is 10.5 Å². The molecule has 0 saturated carbocycles. The number of carbonyl (C=O) groups excluding carboxylic acids is 2. The van der Waals surface area contributed by atoms with E-state index in [1.54, 1.807) is 19.1 Å². The highest BCUT2D eigenvalue weighted by atomic mass is 16.5. The van der Waals surface area contributed by atoms with Gasteiger partial charge in [-0.2, -0.15) is 0 Å². The highest BCUT2D eigenvalue weighted by Gasteiger charge is 2.43. The molecule has 1 aliphatic heterocycles. The zero-order valence-electron chi connectivity index (χ0n) is 14.8. The van der Waals surface area contributed by atoms with E-state index in [4.69, 9.17) is 4.74 Å². The summed E-state index contributed by atoms with van der Waals surface area (Å²) in [5, 5.41) is 10.2. The summed E-state index contributed by atoms with van der Waals surface area (Å²) in [6.07, 6.45) is -0.965. The van der Waals surface area contributed by atoms with Crippen LogP contribution in [0.1, 0.15) is 12.5 Å². The summed E-state index contributed by atoms with van der Waals surface area (Å²) in [5.41, 5.74) is 1.74. The van der Waals surface area contributed by atoms with Gasteiger partial charge in [0.1, 0.15) is 24.5 Å². The van der Waals surface area contributed by atoms with Crippen LogP contribution in [0.3, 0.4) is 0 Å². The lowest BCUT2D eigenvalue weighted by Crippen LogP contribution is -2.40. The maximum Gasteiger partial charge on any atom is 0.332 e. The summed E-state index contributed by atoms with van der Waals surface area (Å²) in [7, 11) is 0. The molecule has 3 rings (SSSR count). The van der Waals surface area contributed by atoms with Gasteiger partial charge in [0.05, 0.1) is 6.54 Å². The molecule has 0 aliphatic carbocycles. The van der Waals surface area contributed by atoms with Crippen LogP contribution in [-0.2, 0) is 4.79 Å². The number of aliphatic hydroxyl groups is 1. The second-order valence-corrected chi connectivity index (χ2v) is 6.39. The number of hydrogen-bond acceptors (Lipinski definition) is 4. The van der Waals surface area contributed by atoms with Gasteiger partial charge >= 0.3 is 6.03 Å². The molecule has 1 N–H and O–H groups in total. The Balaban J connectivity index is 1.65. The van der Waals surface area contributed by atoms with Crippen LogP contribution >= 0.6 is 0 Å². The number of hydrogen-bond donors (Lipinski definition) is 1. The molecule has 1 heterocycles. The number of benzene rings is 2. The lowest BCUT2D eigenvalue weighted by Gasteiger charge is -2.21. The summed E-state index contributed by atoms with van der Waals surface area (Å²) in [4.78, 5) is 27.7. The van der Waals surface area contributed by atoms with Crippen LogP contribution in [0, 0.1) is 6.92 Å². The number of β-amino-alcohol motifs (C(OH)–C–C–N with tert-alkyl or cyclic N) is 1. The average Bonchev–Trinajstić information content (AvgIpc) is 2.85. The third-order valence-corrected chi connectivity index (χ3v) is 4.34. The first kappa shape index (κ1) is 17.9. The molecule has 1 aliphatic rings. The van der Waals surface area contributed by atoms with Crippen molar-refractivity contribution < 1.29 is 19.4 Å². The van der Waals surface area contributed by atoms with Crippen molar-refractivity contribution in [3.8, 4) is 5.75 Å². The SMILES string of the molecule is Cc1ccc(N2C(=O)N(C[C@H](O)COc3ccccc3)C(=O)[C@@H]2C)cc1. The number of aliphatic hydroxyl groups excluding tert-OH is 1. The summed E-state index contributed by atoms with van der Waals surface area (Å²) >= 11 is 0. The minimum Gasteiger partial charge on any atom is -0.491 e. The van der Waals surface area contributed by atoms with Gasteiger partial charge in [0.25, 0.3) is 5.91 Å². The van der Waals surface area contributed by atoms with E-state index >= 15 is 0 Å². The summed E-state index contributed by atoms with van der Waals surface area (Å²) in [6.45, 7) is 3.55. The first-order valence-electron chi connectivity index (χ1n) is 8.54. The zero-order valence-corrected chi connectivity index (χ0v) is 14.8. The number of carbonyl (C=O) groups is 2. The van der Waals surface area contributed by atoms with Gasteiger partial charge in [-0.25, -0.2) is 4.79 Å². The van der Waals surface area contributed by atoms with Crippen LogP contribution < -0.4 is 9.64 Å². The summed E-state index contributed by atoms with van der Waals surface area (Å²) in [5.74, 6) is 0.301. The first-order valence-corrected chi connectivity index (χ1v) is 8.54. The van der Waals surface area contributed by atoms with Gasteiger partial charge < -0.3 is 9.84 Å². The molecular weight excluding hydrogens is 332 g/mol. The van der Waals surface area contributed by atoms with Crippen molar-refractivity contribution in [3.63, 3.8) is 0 Å². The fourth-order valence-corrected chi connectivity index (χ4v) is 2.91. The minimum atomic E-state index is -0.965. The van der Waals surface area contributed by atoms with Crippen molar-refractivity contribution in [2.75, 3.05) is 18.1 Å². The van der Waals surface area contributed by atoms with E-state index in [2.05, 4.69) is 0 Å². The maximum atomic E-state index is 12.7. The molecule has 3 amide bonds. The molecule has 26 heavy (non-hydrogen) atoms. The monoisotopic (exact) mass is 354 g/mol. The Labute approximate surface area is 152 Å². The Bertz CT molecular complexity index is 776. The molecule has 1 fully saturated rings. The van der Waals surface area contributed by atoms with E-state index in [0.717, 1.165) is 10.5 Å². The highest BCUT2D eigenvalue weighted by molar-refractivity contribution is 6.14. The van der Waals surface area contributed by atoms with Crippen molar-refractivity contribution >= 4 is 17.6 Å². The molecule has 0 bridgehead atoms. The third kappa shape index (κ3) is 3.70. The topological polar surface area (TPSA) is 70.1 Å². The molecule has 0 spiro atoms. The fraction of sp³-hybridized carbons (Fsp3) is 0.300. The largest absolute Gasteiger partial charge is 0.491 e. The number of aryl methyl sites for hydroxylation is 1. The maximum absolute atomic E-state index is 12.7. The van der Waals surface area contributed by atoms with E-state index in [-0.39, 0.29) is 19.1 Å². The van der Waals surface area contributed by atoms with Gasteiger partial charge in [-0.15, -0.1) is 0 Å². The van der Waals surface area contributed by atoms with Crippen molar-refractivity contribution in [1.82, 2.24) is 4.90 Å². The first-order chi connectivity index (χ1) is 12.5. The predicted octanol–water partition coefficient (Wildman–Crippen LogP) is 2.59. The van der Waals surface area contributed by atoms with Gasteiger partial charge in [0, 0.05) is 5.69 Å². The summed E-state index contributed by atoms with van der Waals surface area (Å²) in [6, 6.07) is 15.5. The van der Waals surface area contributed by atoms with E-state index in [1.807, 2.05) is 49.4 Å². The van der Waals surface area contributed by atoms with E-state index in [9.17, 15) is 14.7 Å². The van der Waals surface area contributed by atoms with Crippen molar-refractivity contribution in [2.45, 2.75) is 26.0 Å². The predicted molar refractivity (Wildman–Crippen MR) is 98.2 cm³/mol. The highest BCUT2D eigenvalue weighted by Crippen LogP contribution is 2.26. The number of amides is 3. The molecule has 2 aromatic rings. The molecule has 2 atom stereocenters. The number of anilines is 1. The smallest absolute Gasteiger partial charge is 0.332 e. The van der Waals surface area contributed by atoms with Crippen LogP contribution in [0.2, 0.25) is 0 Å². The fourth-order valence-electron chi connectivity index (χ4n) is 2.91. The van der Waals surface area contributed by atoms with E-state index < -0.39 is 18.2 Å². The van der Waals surface area contributed by atoms with E-state index in [1.165, 1.54) is 4.90 Å². The zero-order chi connectivity index (χ0) is 18.7. The van der Waals surface area contributed by atoms with E-state index in [0.29, 0.717) is 11.4 Å². The number of imide groups is 1. The lowest BCUT2D eigenvalue weighted by molar-refractivity contribution is -0.128. The number of nitrogens with zero attached hydrogens (tertiary/aromatic N) is 2. The van der Waals surface area contributed by atoms with Crippen molar-refractivity contribution in [3.05, 3.63) is 60.2 Å². The van der Waals surface area contributed by atoms with Crippen LogP contribution in [-0.4, -0.2) is 47.2 Å². The molecule has 136 valence electrons. The van der Waals surface area contributed by atoms with Gasteiger partial charge in [-0.05, 0) is 38.1 Å². The van der Waals surface area contributed by atoms with Gasteiger partial charge in [-0.1, -0.05) is 35.9 Å². The molecule has 6 nitrogen and oxygen atoms in total. The lowest BCUT2D eigenvalue weighted by atomic mass is 10.2. The standard InChI is InChI=1S/C20H22N2O4/c1-14-8-10-16(11-9-14)22-15(2)19(24)21(20(22)25)12-17(23)13-26-18-6-4-3-5-7-18/h3-11,15,17,23H,12-13H2,1-2H3/t15-,17-/m0/s1. The molecular formula is C20H22N2O4. The Morgan fingerprint density at radius 1 is 1.08 bits per heavy atom. The number of rotatable bonds is 6. The van der Waals surface area contributed by atoms with Gasteiger partial charge in [0.15, 0.2) is 0 Å². The number of para-hydroxylation sites is 1. The molecule has 0 radical (unpaired) electrons. The Hall–Kier alpha value is -2.86. The van der Waals surface area contributed by atoms with Gasteiger partial charge in [-0.3, -0.25) is 14.6 Å². The number of ether oxygens (including phenoxy) is 1. The third-order valence-electron chi connectivity index (χ3n) is 4.34. The second kappa shape index (κ2) is 7.58. The molecule has 0 aromatic heterocycles. The van der Waals surface area contributed by atoms with Crippen molar-refractivity contribution in [2.24, 2.45) is 0 Å². The second-order valence-electron chi connectivity index (χ2n) is 6.39. The van der Waals surface area contributed by atoms with Crippen LogP contribution in [0.15, 0.2) is 54.6 Å². The number of urea groups is 1. The normalized spacial score (nSPS) is 18.3. The molecule has 1 saturated heterocycles. The Morgan fingerprint density at radius 2 is 1.73 bits per heavy atom. The Kier molecular flexibility index (Phi) is 5.23. The van der Waals surface area contributed by atoms with Crippen molar-refractivity contribution in [1.29, 1.82) is 0 Å². The van der Waals surface area contributed by atoms with Crippen LogP contribution in [0.25, 0.3) is 0 Å².